The molecule has 29 heavy (non-hydrogen) atoms. The highest BCUT2D eigenvalue weighted by molar-refractivity contribution is 7.92. The molecule has 3 aromatic carbocycles. The maximum absolute atomic E-state index is 12.8. The van der Waals surface area contributed by atoms with Crippen LogP contribution in [0.4, 0.5) is 5.69 Å². The molecule has 4 nitrogen and oxygen atoms in total. The number of anilines is 1. The van der Waals surface area contributed by atoms with E-state index in [2.05, 4.69) is 17.0 Å². The minimum absolute atomic E-state index is 0.220. The number of rotatable bonds is 9. The Balaban J connectivity index is 1.71. The summed E-state index contributed by atoms with van der Waals surface area (Å²) in [6.07, 6.45) is 2.02. The number of nitrogens with one attached hydrogen (secondary N) is 2. The number of halogens is 1. The van der Waals surface area contributed by atoms with Crippen LogP contribution in [0.1, 0.15) is 18.9 Å². The minimum atomic E-state index is -3.68. The first-order chi connectivity index (χ1) is 14.0. The molecule has 0 aromatic heterocycles. The molecule has 0 radical (unpaired) electrons. The van der Waals surface area contributed by atoms with Crippen LogP contribution in [-0.2, 0) is 16.4 Å². The van der Waals surface area contributed by atoms with Crippen LogP contribution in [0.25, 0.3) is 11.1 Å². The van der Waals surface area contributed by atoms with Gasteiger partial charge in [-0.1, -0.05) is 54.9 Å². The smallest absolute Gasteiger partial charge is 0.261 e. The summed E-state index contributed by atoms with van der Waals surface area (Å²) in [6.45, 7) is 4.06. The Bertz CT molecular complexity index is 1030. The Morgan fingerprint density at radius 3 is 2.28 bits per heavy atom. The molecule has 0 fully saturated rings. The highest BCUT2D eigenvalue weighted by Gasteiger charge is 2.15. The lowest BCUT2D eigenvalue weighted by Crippen LogP contribution is -2.17. The van der Waals surface area contributed by atoms with Crippen molar-refractivity contribution in [1.82, 2.24) is 5.32 Å². The molecule has 3 rings (SSSR count). The van der Waals surface area contributed by atoms with Gasteiger partial charge in [-0.3, -0.25) is 4.72 Å². The second kappa shape index (κ2) is 9.92. The molecule has 0 heterocycles. The zero-order valence-electron chi connectivity index (χ0n) is 16.4. The highest BCUT2D eigenvalue weighted by atomic mass is 35.5. The Kier molecular flexibility index (Phi) is 7.31. The predicted octanol–water partition coefficient (Wildman–Crippen LogP) is 5.35. The summed E-state index contributed by atoms with van der Waals surface area (Å²) in [7, 11) is -3.68. The van der Waals surface area contributed by atoms with Gasteiger partial charge in [-0.25, -0.2) is 8.42 Å². The van der Waals surface area contributed by atoms with Crippen LogP contribution < -0.4 is 10.0 Å². The van der Waals surface area contributed by atoms with E-state index in [1.54, 1.807) is 42.5 Å². The molecular weight excluding hydrogens is 404 g/mol. The predicted molar refractivity (Wildman–Crippen MR) is 121 cm³/mol. The Hall–Kier alpha value is -2.34. The van der Waals surface area contributed by atoms with Crippen molar-refractivity contribution in [3.05, 3.63) is 83.4 Å². The van der Waals surface area contributed by atoms with Crippen molar-refractivity contribution in [2.45, 2.75) is 24.7 Å². The van der Waals surface area contributed by atoms with Gasteiger partial charge < -0.3 is 5.32 Å². The van der Waals surface area contributed by atoms with Gasteiger partial charge in [0.05, 0.1) is 4.90 Å². The lowest BCUT2D eigenvalue weighted by Gasteiger charge is -2.11. The number of benzene rings is 3. The SMILES string of the molecule is CCCNCCc1ccc(NS(=O)(=O)c2cccc(-c3ccc(Cl)cc3)c2)cc1. The minimum Gasteiger partial charge on any atom is -0.316 e. The molecule has 6 heteroatoms. The van der Waals surface area contributed by atoms with Gasteiger partial charge in [-0.05, 0) is 79.0 Å². The van der Waals surface area contributed by atoms with E-state index in [1.807, 2.05) is 30.3 Å². The summed E-state index contributed by atoms with van der Waals surface area (Å²) in [5.41, 5.74) is 3.44. The molecule has 0 aliphatic rings. The third kappa shape index (κ3) is 6.07. The molecule has 0 aliphatic heterocycles. The van der Waals surface area contributed by atoms with Crippen molar-refractivity contribution in [1.29, 1.82) is 0 Å². The van der Waals surface area contributed by atoms with Crippen LogP contribution >= 0.6 is 11.6 Å². The molecule has 0 amide bonds. The second-order valence-electron chi connectivity index (χ2n) is 6.84. The fourth-order valence-corrected chi connectivity index (χ4v) is 4.20. The molecule has 2 N–H and O–H groups in total. The quantitative estimate of drug-likeness (QED) is 0.451. The lowest BCUT2D eigenvalue weighted by atomic mass is 10.1. The summed E-state index contributed by atoms with van der Waals surface area (Å²) < 4.78 is 28.3. The Morgan fingerprint density at radius 1 is 0.862 bits per heavy atom. The molecule has 0 atom stereocenters. The van der Waals surface area contributed by atoms with E-state index in [4.69, 9.17) is 11.6 Å². The first kappa shape index (κ1) is 21.4. The van der Waals surface area contributed by atoms with Crippen molar-refractivity contribution in [2.24, 2.45) is 0 Å². The lowest BCUT2D eigenvalue weighted by molar-refractivity contribution is 0.601. The Morgan fingerprint density at radius 2 is 1.59 bits per heavy atom. The van der Waals surface area contributed by atoms with Crippen LogP contribution in [0.3, 0.4) is 0 Å². The van der Waals surface area contributed by atoms with E-state index in [0.29, 0.717) is 10.7 Å². The van der Waals surface area contributed by atoms with E-state index in [9.17, 15) is 8.42 Å². The van der Waals surface area contributed by atoms with Crippen LogP contribution in [0.15, 0.2) is 77.7 Å². The van der Waals surface area contributed by atoms with E-state index >= 15 is 0 Å². The van der Waals surface area contributed by atoms with Crippen LogP contribution in [-0.4, -0.2) is 21.5 Å². The van der Waals surface area contributed by atoms with Gasteiger partial charge >= 0.3 is 0 Å². The maximum Gasteiger partial charge on any atom is 0.261 e. The normalized spacial score (nSPS) is 11.4. The van der Waals surface area contributed by atoms with Gasteiger partial charge in [0.25, 0.3) is 10.0 Å². The van der Waals surface area contributed by atoms with Gasteiger partial charge in [0.2, 0.25) is 0 Å². The zero-order valence-corrected chi connectivity index (χ0v) is 17.9. The first-order valence-electron chi connectivity index (χ1n) is 9.66. The summed E-state index contributed by atoms with van der Waals surface area (Å²) in [5, 5.41) is 4.00. The van der Waals surface area contributed by atoms with Crippen molar-refractivity contribution >= 4 is 27.3 Å². The van der Waals surface area contributed by atoms with Crippen molar-refractivity contribution in [2.75, 3.05) is 17.8 Å². The fourth-order valence-electron chi connectivity index (χ4n) is 2.97. The molecule has 152 valence electrons. The third-order valence-electron chi connectivity index (χ3n) is 4.55. The van der Waals surface area contributed by atoms with Gasteiger partial charge in [0.15, 0.2) is 0 Å². The molecule has 0 unspecified atom stereocenters. The van der Waals surface area contributed by atoms with Crippen molar-refractivity contribution in [3.8, 4) is 11.1 Å². The van der Waals surface area contributed by atoms with Crippen molar-refractivity contribution in [3.63, 3.8) is 0 Å². The van der Waals surface area contributed by atoms with E-state index in [0.717, 1.165) is 37.1 Å². The average molecular weight is 429 g/mol. The summed E-state index contributed by atoms with van der Waals surface area (Å²) >= 11 is 5.94. The largest absolute Gasteiger partial charge is 0.316 e. The van der Waals surface area contributed by atoms with Gasteiger partial charge in [0.1, 0.15) is 0 Å². The summed E-state index contributed by atoms with van der Waals surface area (Å²) in [4.78, 5) is 0.220. The van der Waals surface area contributed by atoms with E-state index < -0.39 is 10.0 Å². The van der Waals surface area contributed by atoms with E-state index in [1.165, 1.54) is 5.56 Å². The van der Waals surface area contributed by atoms with Crippen LogP contribution in [0.2, 0.25) is 5.02 Å². The third-order valence-corrected chi connectivity index (χ3v) is 6.18. The number of hydrogen-bond acceptors (Lipinski definition) is 3. The second-order valence-corrected chi connectivity index (χ2v) is 8.96. The van der Waals surface area contributed by atoms with Gasteiger partial charge in [0, 0.05) is 10.7 Å². The van der Waals surface area contributed by atoms with Crippen LogP contribution in [0.5, 0.6) is 0 Å². The first-order valence-corrected chi connectivity index (χ1v) is 11.5. The average Bonchev–Trinajstić information content (AvgIpc) is 2.73. The number of sulfonamides is 1. The standard InChI is InChI=1S/C23H25ClN2O2S/c1-2-15-25-16-14-18-6-12-22(13-7-18)26-29(27,28)23-5-3-4-20(17-23)19-8-10-21(24)11-9-19/h3-13,17,25-26H,2,14-16H2,1H3. The molecular formula is C23H25ClN2O2S. The number of hydrogen-bond donors (Lipinski definition) is 2. The molecule has 0 spiro atoms. The molecule has 3 aromatic rings. The maximum atomic E-state index is 12.8. The van der Waals surface area contributed by atoms with Gasteiger partial charge in [-0.15, -0.1) is 0 Å². The molecule has 0 saturated carbocycles. The molecule has 0 saturated heterocycles. The van der Waals surface area contributed by atoms with Gasteiger partial charge in [-0.2, -0.15) is 0 Å². The molecule has 0 aliphatic carbocycles. The van der Waals surface area contributed by atoms with Crippen molar-refractivity contribution < 1.29 is 8.42 Å². The zero-order chi connectivity index (χ0) is 20.7. The summed E-state index contributed by atoms with van der Waals surface area (Å²) in [6, 6.07) is 21.7. The fraction of sp³-hybridized carbons (Fsp3) is 0.217. The summed E-state index contributed by atoms with van der Waals surface area (Å²) in [5.74, 6) is 0. The Labute approximate surface area is 178 Å². The van der Waals surface area contributed by atoms with Crippen LogP contribution in [0, 0.1) is 0 Å². The van der Waals surface area contributed by atoms with E-state index in [-0.39, 0.29) is 4.90 Å². The monoisotopic (exact) mass is 428 g/mol. The highest BCUT2D eigenvalue weighted by Crippen LogP contribution is 2.25. The topological polar surface area (TPSA) is 58.2 Å². The molecule has 0 bridgehead atoms.